The van der Waals surface area contributed by atoms with Gasteiger partial charge in [-0.2, -0.15) is 9.78 Å². The lowest BCUT2D eigenvalue weighted by Crippen LogP contribution is -2.12. The second-order valence-electron chi connectivity index (χ2n) is 4.90. The molecule has 0 spiro atoms. The van der Waals surface area contributed by atoms with Crippen LogP contribution in [-0.4, -0.2) is 27.8 Å². The molecule has 3 rings (SSSR count). The fourth-order valence-electron chi connectivity index (χ4n) is 2.16. The largest absolute Gasteiger partial charge is 0.497 e. The molecular formula is C16H16N4O2S. The van der Waals surface area contributed by atoms with Crippen LogP contribution >= 0.6 is 11.3 Å². The van der Waals surface area contributed by atoms with Gasteiger partial charge in [0.25, 0.3) is 0 Å². The van der Waals surface area contributed by atoms with Gasteiger partial charge in [0, 0.05) is 6.07 Å². The molecule has 2 heterocycles. The minimum absolute atomic E-state index is 0.198. The van der Waals surface area contributed by atoms with Gasteiger partial charge >= 0.3 is 0 Å². The van der Waals surface area contributed by atoms with Crippen LogP contribution in [0.25, 0.3) is 15.3 Å². The van der Waals surface area contributed by atoms with Crippen molar-refractivity contribution in [2.45, 2.75) is 13.8 Å². The van der Waals surface area contributed by atoms with Gasteiger partial charge in [-0.05, 0) is 38.1 Å². The van der Waals surface area contributed by atoms with Crippen molar-refractivity contribution in [3.63, 3.8) is 0 Å². The summed E-state index contributed by atoms with van der Waals surface area (Å²) in [4.78, 5) is 16.4. The Morgan fingerprint density at radius 2 is 2.22 bits per heavy atom. The molecule has 0 saturated carbocycles. The number of allylic oxidation sites excluding steroid dienone is 1. The maximum atomic E-state index is 11.8. The molecule has 7 heteroatoms. The maximum absolute atomic E-state index is 11.8. The lowest BCUT2D eigenvalue weighted by atomic mass is 10.3. The number of amides is 1. The summed E-state index contributed by atoms with van der Waals surface area (Å²) in [5, 5.41) is 7.93. The zero-order valence-electron chi connectivity index (χ0n) is 13.0. The fraction of sp³-hybridized carbons (Fsp3) is 0.188. The van der Waals surface area contributed by atoms with E-state index in [0.717, 1.165) is 21.7 Å². The Labute approximate surface area is 137 Å². The van der Waals surface area contributed by atoms with Crippen LogP contribution in [0.1, 0.15) is 12.6 Å². The first-order valence-corrected chi connectivity index (χ1v) is 7.87. The number of carbonyl (C=O) groups is 1. The number of nitrogens with one attached hydrogen (secondary N) is 1. The van der Waals surface area contributed by atoms with Crippen LogP contribution in [0.15, 0.2) is 36.4 Å². The number of benzene rings is 1. The molecule has 0 aliphatic rings. The van der Waals surface area contributed by atoms with E-state index in [2.05, 4.69) is 15.4 Å². The Morgan fingerprint density at radius 3 is 2.96 bits per heavy atom. The van der Waals surface area contributed by atoms with Crippen LogP contribution < -0.4 is 10.1 Å². The Balaban J connectivity index is 2.02. The smallest absolute Gasteiger partial charge is 0.249 e. The Morgan fingerprint density at radius 1 is 1.39 bits per heavy atom. The predicted octanol–water partition coefficient (Wildman–Crippen LogP) is 3.31. The van der Waals surface area contributed by atoms with Gasteiger partial charge in [-0.25, -0.2) is 4.98 Å². The van der Waals surface area contributed by atoms with Gasteiger partial charge in [0.1, 0.15) is 11.6 Å². The Hall–Kier alpha value is -2.67. The number of aryl methyl sites for hydroxylation is 1. The van der Waals surface area contributed by atoms with Crippen molar-refractivity contribution in [3.8, 4) is 10.9 Å². The van der Waals surface area contributed by atoms with Crippen molar-refractivity contribution < 1.29 is 9.53 Å². The van der Waals surface area contributed by atoms with E-state index < -0.39 is 0 Å². The highest BCUT2D eigenvalue weighted by Gasteiger charge is 2.14. The van der Waals surface area contributed by atoms with E-state index in [1.165, 1.54) is 17.4 Å². The second kappa shape index (κ2) is 6.21. The molecule has 118 valence electrons. The van der Waals surface area contributed by atoms with Crippen molar-refractivity contribution in [2.24, 2.45) is 0 Å². The zero-order valence-corrected chi connectivity index (χ0v) is 13.8. The van der Waals surface area contributed by atoms with Crippen molar-refractivity contribution in [2.75, 3.05) is 12.4 Å². The number of thiazole rings is 1. The molecule has 1 aromatic carbocycles. The Kier molecular flexibility index (Phi) is 4.12. The first-order valence-electron chi connectivity index (χ1n) is 7.06. The van der Waals surface area contributed by atoms with E-state index in [1.807, 2.05) is 31.2 Å². The van der Waals surface area contributed by atoms with E-state index in [4.69, 9.17) is 4.74 Å². The molecule has 0 atom stereocenters. The molecule has 0 aliphatic carbocycles. The molecular weight excluding hydrogens is 312 g/mol. The first kappa shape index (κ1) is 15.2. The number of aromatic nitrogens is 3. The number of hydrogen-bond acceptors (Lipinski definition) is 5. The highest BCUT2D eigenvalue weighted by atomic mass is 32.1. The topological polar surface area (TPSA) is 69.0 Å². The lowest BCUT2D eigenvalue weighted by molar-refractivity contribution is -0.111. The molecule has 0 saturated heterocycles. The highest BCUT2D eigenvalue weighted by molar-refractivity contribution is 7.20. The van der Waals surface area contributed by atoms with Crippen LogP contribution in [0.5, 0.6) is 5.75 Å². The molecule has 3 aromatic rings. The number of hydrogen-bond donors (Lipinski definition) is 1. The average Bonchev–Trinajstić information content (AvgIpc) is 3.09. The monoisotopic (exact) mass is 328 g/mol. The van der Waals surface area contributed by atoms with Crippen molar-refractivity contribution >= 4 is 33.3 Å². The van der Waals surface area contributed by atoms with Crippen LogP contribution in [-0.2, 0) is 4.79 Å². The zero-order chi connectivity index (χ0) is 16.4. The van der Waals surface area contributed by atoms with Gasteiger partial charge in [0.05, 0.1) is 23.0 Å². The van der Waals surface area contributed by atoms with Crippen LogP contribution in [0.2, 0.25) is 0 Å². The molecule has 6 nitrogen and oxygen atoms in total. The minimum Gasteiger partial charge on any atom is -0.497 e. The van der Waals surface area contributed by atoms with Crippen molar-refractivity contribution in [3.05, 3.63) is 42.1 Å². The molecule has 0 unspecified atom stereocenters. The summed E-state index contributed by atoms with van der Waals surface area (Å²) in [5.41, 5.74) is 1.67. The van der Waals surface area contributed by atoms with Crippen molar-refractivity contribution in [1.29, 1.82) is 0 Å². The number of ether oxygens (including phenoxy) is 1. The molecule has 2 aromatic heterocycles. The summed E-state index contributed by atoms with van der Waals surface area (Å²) in [6, 6.07) is 7.52. The van der Waals surface area contributed by atoms with E-state index in [0.29, 0.717) is 10.9 Å². The summed E-state index contributed by atoms with van der Waals surface area (Å²) >= 11 is 1.49. The normalized spacial score (nSPS) is 11.3. The van der Waals surface area contributed by atoms with Crippen LogP contribution in [0.3, 0.4) is 0 Å². The fourth-order valence-corrected chi connectivity index (χ4v) is 3.12. The first-order chi connectivity index (χ1) is 11.1. The molecule has 0 fully saturated rings. The van der Waals surface area contributed by atoms with E-state index in [1.54, 1.807) is 24.8 Å². The van der Waals surface area contributed by atoms with Gasteiger partial charge in [-0.3, -0.25) is 4.79 Å². The van der Waals surface area contributed by atoms with E-state index in [-0.39, 0.29) is 5.91 Å². The SMILES string of the molecule is C/C=C/C(=O)Nc1cc(C)nn1-c1nc2ccc(OC)cc2s1. The molecule has 1 amide bonds. The molecule has 23 heavy (non-hydrogen) atoms. The van der Waals surface area contributed by atoms with Gasteiger partial charge in [0.15, 0.2) is 0 Å². The number of rotatable bonds is 4. The second-order valence-corrected chi connectivity index (χ2v) is 5.91. The van der Waals surface area contributed by atoms with Gasteiger partial charge in [-0.15, -0.1) is 0 Å². The number of nitrogens with zero attached hydrogens (tertiary/aromatic N) is 3. The lowest BCUT2D eigenvalue weighted by Gasteiger charge is -2.03. The summed E-state index contributed by atoms with van der Waals surface area (Å²) < 4.78 is 7.88. The number of methoxy groups -OCH3 is 1. The van der Waals surface area contributed by atoms with E-state index in [9.17, 15) is 4.79 Å². The Bertz CT molecular complexity index is 895. The van der Waals surface area contributed by atoms with E-state index >= 15 is 0 Å². The predicted molar refractivity (Wildman–Crippen MR) is 91.5 cm³/mol. The number of fused-ring (bicyclic) bond motifs is 1. The number of carbonyl (C=O) groups excluding carboxylic acids is 1. The molecule has 0 bridgehead atoms. The minimum atomic E-state index is -0.198. The summed E-state index contributed by atoms with van der Waals surface area (Å²) in [7, 11) is 1.63. The highest BCUT2D eigenvalue weighted by Crippen LogP contribution is 2.29. The molecule has 0 radical (unpaired) electrons. The third-order valence-electron chi connectivity index (χ3n) is 3.17. The summed E-state index contributed by atoms with van der Waals surface area (Å²) in [5.74, 6) is 1.18. The summed E-state index contributed by atoms with van der Waals surface area (Å²) in [6.07, 6.45) is 3.16. The van der Waals surface area contributed by atoms with Gasteiger partial charge in [-0.1, -0.05) is 17.4 Å². The van der Waals surface area contributed by atoms with Gasteiger partial charge < -0.3 is 10.1 Å². The van der Waals surface area contributed by atoms with Crippen molar-refractivity contribution in [1.82, 2.24) is 14.8 Å². The third-order valence-corrected chi connectivity index (χ3v) is 4.16. The van der Waals surface area contributed by atoms with Crippen LogP contribution in [0, 0.1) is 6.92 Å². The molecule has 1 N–H and O–H groups in total. The maximum Gasteiger partial charge on any atom is 0.249 e. The third kappa shape index (κ3) is 3.09. The summed E-state index contributed by atoms with van der Waals surface area (Å²) in [6.45, 7) is 3.67. The van der Waals surface area contributed by atoms with Crippen LogP contribution in [0.4, 0.5) is 5.82 Å². The number of anilines is 1. The standard InChI is InChI=1S/C16H16N4O2S/c1-4-5-15(21)18-14-8-10(2)19-20(14)16-17-12-7-6-11(22-3)9-13(12)23-16/h4-9H,1-3H3,(H,18,21)/b5-4+. The average molecular weight is 328 g/mol. The van der Waals surface area contributed by atoms with Gasteiger partial charge in [0.2, 0.25) is 11.0 Å². The quantitative estimate of drug-likeness (QED) is 0.746. The molecule has 0 aliphatic heterocycles.